The molecule has 0 amide bonds. The summed E-state index contributed by atoms with van der Waals surface area (Å²) in [7, 11) is 0. The van der Waals surface area contributed by atoms with Crippen molar-refractivity contribution in [2.45, 2.75) is 33.6 Å². The molecule has 0 aliphatic carbocycles. The molecule has 2 aromatic rings. The first kappa shape index (κ1) is 10.8. The Bertz CT molecular complexity index is 388. The Morgan fingerprint density at radius 2 is 2.00 bits per heavy atom. The molecule has 0 atom stereocenters. The van der Waals surface area contributed by atoms with E-state index in [-0.39, 0.29) is 0 Å². The van der Waals surface area contributed by atoms with Crippen molar-refractivity contribution in [1.82, 2.24) is 9.38 Å². The van der Waals surface area contributed by atoms with E-state index in [1.165, 1.54) is 0 Å². The van der Waals surface area contributed by atoms with Crippen LogP contribution in [0.15, 0.2) is 30.7 Å². The van der Waals surface area contributed by atoms with E-state index >= 15 is 0 Å². The molecular formula is C12H18N2. The van der Waals surface area contributed by atoms with E-state index < -0.39 is 0 Å². The van der Waals surface area contributed by atoms with Crippen LogP contribution in [0, 0.1) is 0 Å². The van der Waals surface area contributed by atoms with E-state index in [9.17, 15) is 0 Å². The van der Waals surface area contributed by atoms with Crippen LogP contribution in [0.2, 0.25) is 0 Å². The lowest BCUT2D eigenvalue weighted by atomic mass is 10.1. The first-order valence-corrected chi connectivity index (χ1v) is 5.20. The molecule has 0 fully saturated rings. The lowest BCUT2D eigenvalue weighted by molar-refractivity contribution is 0.809. The Hall–Kier alpha value is -1.31. The third kappa shape index (κ3) is 2.13. The summed E-state index contributed by atoms with van der Waals surface area (Å²) in [5, 5.41) is 0. The number of aromatic nitrogens is 2. The van der Waals surface area contributed by atoms with Gasteiger partial charge in [0.2, 0.25) is 0 Å². The van der Waals surface area contributed by atoms with Gasteiger partial charge in [0.15, 0.2) is 0 Å². The van der Waals surface area contributed by atoms with Gasteiger partial charge in [-0.1, -0.05) is 27.7 Å². The number of rotatable bonds is 1. The third-order valence-electron chi connectivity index (χ3n) is 2.02. The minimum absolute atomic E-state index is 0.497. The van der Waals surface area contributed by atoms with E-state index in [1.54, 1.807) is 0 Å². The van der Waals surface area contributed by atoms with Crippen LogP contribution >= 0.6 is 0 Å². The van der Waals surface area contributed by atoms with Gasteiger partial charge in [-0.25, -0.2) is 0 Å². The van der Waals surface area contributed by atoms with Gasteiger partial charge in [0.25, 0.3) is 0 Å². The van der Waals surface area contributed by atoms with Gasteiger partial charge in [-0.2, -0.15) is 0 Å². The molecule has 76 valence electrons. The van der Waals surface area contributed by atoms with Gasteiger partial charge in [0.1, 0.15) is 0 Å². The highest BCUT2D eigenvalue weighted by molar-refractivity contribution is 5.45. The van der Waals surface area contributed by atoms with Crippen molar-refractivity contribution in [3.8, 4) is 0 Å². The van der Waals surface area contributed by atoms with Gasteiger partial charge in [-0.05, 0) is 18.1 Å². The molecule has 2 heteroatoms. The molecule has 0 saturated heterocycles. The minimum Gasteiger partial charge on any atom is -0.321 e. The Kier molecular flexibility index (Phi) is 3.69. The quantitative estimate of drug-likeness (QED) is 0.673. The summed E-state index contributed by atoms with van der Waals surface area (Å²) in [5.41, 5.74) is 2.29. The van der Waals surface area contributed by atoms with Crippen LogP contribution in [-0.2, 0) is 0 Å². The predicted molar refractivity (Wildman–Crippen MR) is 60.6 cm³/mol. The molecule has 2 aromatic heterocycles. The van der Waals surface area contributed by atoms with Crippen LogP contribution < -0.4 is 0 Å². The molecule has 14 heavy (non-hydrogen) atoms. The average Bonchev–Trinajstić information content (AvgIpc) is 2.67. The second-order valence-corrected chi connectivity index (χ2v) is 3.31. The van der Waals surface area contributed by atoms with Crippen LogP contribution in [0.3, 0.4) is 0 Å². The summed E-state index contributed by atoms with van der Waals surface area (Å²) < 4.78 is 2.10. The Morgan fingerprint density at radius 3 is 2.64 bits per heavy atom. The summed E-state index contributed by atoms with van der Waals surface area (Å²) in [5.74, 6) is 0.497. The zero-order chi connectivity index (χ0) is 10.6. The monoisotopic (exact) mass is 190 g/mol. The number of nitrogens with zero attached hydrogens (tertiary/aromatic N) is 2. The van der Waals surface area contributed by atoms with Gasteiger partial charge in [0, 0.05) is 12.4 Å². The lowest BCUT2D eigenvalue weighted by Crippen LogP contribution is -1.94. The third-order valence-corrected chi connectivity index (χ3v) is 2.02. The minimum atomic E-state index is 0.497. The van der Waals surface area contributed by atoms with E-state index in [1.807, 2.05) is 32.3 Å². The molecule has 0 aliphatic heterocycles. The summed E-state index contributed by atoms with van der Waals surface area (Å²) in [6, 6.07) is 4.08. The van der Waals surface area contributed by atoms with Crippen molar-refractivity contribution < 1.29 is 0 Å². The van der Waals surface area contributed by atoms with Crippen molar-refractivity contribution in [3.05, 3.63) is 36.4 Å². The number of hydrogen-bond donors (Lipinski definition) is 0. The van der Waals surface area contributed by atoms with Crippen molar-refractivity contribution in [3.63, 3.8) is 0 Å². The molecule has 0 saturated carbocycles. The maximum atomic E-state index is 4.36. The molecule has 0 unspecified atom stereocenters. The van der Waals surface area contributed by atoms with E-state index in [0.717, 1.165) is 11.2 Å². The van der Waals surface area contributed by atoms with Crippen LogP contribution in [0.1, 0.15) is 39.3 Å². The molecule has 2 rings (SSSR count). The highest BCUT2D eigenvalue weighted by Crippen LogP contribution is 2.12. The second kappa shape index (κ2) is 4.80. The Labute approximate surface area is 85.6 Å². The summed E-state index contributed by atoms with van der Waals surface area (Å²) in [6.07, 6.45) is 6.04. The maximum absolute atomic E-state index is 4.36. The molecule has 0 N–H and O–H groups in total. The van der Waals surface area contributed by atoms with Gasteiger partial charge in [-0.15, -0.1) is 0 Å². The van der Waals surface area contributed by atoms with Crippen molar-refractivity contribution in [2.75, 3.05) is 0 Å². The van der Waals surface area contributed by atoms with E-state index in [2.05, 4.69) is 35.5 Å². The lowest BCUT2D eigenvalue weighted by Gasteiger charge is -2.04. The predicted octanol–water partition coefficient (Wildman–Crippen LogP) is 3.48. The van der Waals surface area contributed by atoms with Crippen LogP contribution in [-0.4, -0.2) is 9.38 Å². The summed E-state index contributed by atoms with van der Waals surface area (Å²) in [6.45, 7) is 8.30. The average molecular weight is 190 g/mol. The van der Waals surface area contributed by atoms with Crippen LogP contribution in [0.4, 0.5) is 0 Å². The Morgan fingerprint density at radius 1 is 1.29 bits per heavy atom. The molecule has 2 heterocycles. The fourth-order valence-electron chi connectivity index (χ4n) is 1.25. The van der Waals surface area contributed by atoms with Crippen LogP contribution in [0.5, 0.6) is 0 Å². The first-order valence-electron chi connectivity index (χ1n) is 5.20. The molecule has 0 aliphatic rings. The highest BCUT2D eigenvalue weighted by Gasteiger charge is 2.00. The second-order valence-electron chi connectivity index (χ2n) is 3.31. The zero-order valence-electron chi connectivity index (χ0n) is 9.36. The molecule has 0 radical (unpaired) electrons. The van der Waals surface area contributed by atoms with E-state index in [0.29, 0.717) is 5.92 Å². The maximum Gasteiger partial charge on any atom is 0.0634 e. The van der Waals surface area contributed by atoms with Crippen molar-refractivity contribution in [2.24, 2.45) is 0 Å². The molecule has 0 aromatic carbocycles. The topological polar surface area (TPSA) is 17.3 Å². The molecule has 0 spiro atoms. The fourth-order valence-corrected chi connectivity index (χ4v) is 1.25. The van der Waals surface area contributed by atoms with Crippen LogP contribution in [0.25, 0.3) is 5.52 Å². The smallest absolute Gasteiger partial charge is 0.0634 e. The summed E-state index contributed by atoms with van der Waals surface area (Å²) in [4.78, 5) is 4.36. The molecule has 2 nitrogen and oxygen atoms in total. The SMILES string of the molecule is CC.CC(C)c1cn2cccc2cn1. The van der Waals surface area contributed by atoms with Gasteiger partial charge >= 0.3 is 0 Å². The number of fused-ring (bicyclic) bond motifs is 1. The van der Waals surface area contributed by atoms with Gasteiger partial charge < -0.3 is 4.40 Å². The number of hydrogen-bond acceptors (Lipinski definition) is 1. The van der Waals surface area contributed by atoms with E-state index in [4.69, 9.17) is 0 Å². The zero-order valence-corrected chi connectivity index (χ0v) is 9.36. The molecular weight excluding hydrogens is 172 g/mol. The first-order chi connectivity index (χ1) is 6.77. The molecule has 0 bridgehead atoms. The highest BCUT2D eigenvalue weighted by atomic mass is 14.9. The fraction of sp³-hybridized carbons (Fsp3) is 0.417. The Balaban J connectivity index is 0.000000461. The summed E-state index contributed by atoms with van der Waals surface area (Å²) >= 11 is 0. The van der Waals surface area contributed by atoms with Crippen molar-refractivity contribution >= 4 is 5.52 Å². The van der Waals surface area contributed by atoms with Gasteiger partial charge in [-0.3, -0.25) is 4.98 Å². The van der Waals surface area contributed by atoms with Gasteiger partial charge in [0.05, 0.1) is 17.4 Å². The normalized spacial score (nSPS) is 10.1. The van der Waals surface area contributed by atoms with Crippen molar-refractivity contribution in [1.29, 1.82) is 0 Å². The largest absolute Gasteiger partial charge is 0.321 e. The standard InChI is InChI=1S/C10H12N2.C2H6/c1-8(2)10-7-12-5-3-4-9(12)6-11-10;1-2/h3-8H,1-2H3;1-2H3.